The van der Waals surface area contributed by atoms with E-state index in [4.69, 9.17) is 0 Å². The molecule has 0 N–H and O–H groups in total. The first-order chi connectivity index (χ1) is 12.3. The number of rotatable bonds is 2. The van der Waals surface area contributed by atoms with Crippen LogP contribution in [0.3, 0.4) is 0 Å². The zero-order valence-corrected chi connectivity index (χ0v) is 14.6. The standard InChI is InChI=1S/C21H21F4N/c1-26-12-18-15-6-3-7-19(21(23,24)25)16(15)8-9-17(18)20(26)11-13-4-2-5-14(22)10-13/h2-7,10,17-18,20H,8-9,11-12H2,1H3. The van der Waals surface area contributed by atoms with Crippen LogP contribution in [0.15, 0.2) is 42.5 Å². The van der Waals surface area contributed by atoms with Crippen LogP contribution in [0.25, 0.3) is 0 Å². The summed E-state index contributed by atoms with van der Waals surface area (Å²) in [6.07, 6.45) is -2.37. The number of nitrogens with zero attached hydrogens (tertiary/aromatic N) is 1. The van der Waals surface area contributed by atoms with Gasteiger partial charge in [-0.3, -0.25) is 0 Å². The van der Waals surface area contributed by atoms with Crippen LogP contribution >= 0.6 is 0 Å². The van der Waals surface area contributed by atoms with Gasteiger partial charge in [-0.2, -0.15) is 13.2 Å². The van der Waals surface area contributed by atoms with Gasteiger partial charge >= 0.3 is 6.18 Å². The molecule has 26 heavy (non-hydrogen) atoms. The molecule has 0 amide bonds. The molecular formula is C21H21F4N. The Bertz CT molecular complexity index is 814. The van der Waals surface area contributed by atoms with Crippen molar-refractivity contribution in [2.24, 2.45) is 5.92 Å². The van der Waals surface area contributed by atoms with E-state index in [1.165, 1.54) is 18.2 Å². The summed E-state index contributed by atoms with van der Waals surface area (Å²) in [5.41, 5.74) is 1.78. The van der Waals surface area contributed by atoms with Gasteiger partial charge in [0.25, 0.3) is 0 Å². The predicted octanol–water partition coefficient (Wildman–Crippen LogP) is 5.05. The highest BCUT2D eigenvalue weighted by Gasteiger charge is 2.45. The molecule has 1 aliphatic heterocycles. The maximum Gasteiger partial charge on any atom is 0.416 e. The Kier molecular flexibility index (Phi) is 4.30. The normalized spacial score (nSPS) is 25.8. The molecule has 0 bridgehead atoms. The third-order valence-electron chi connectivity index (χ3n) is 6.04. The summed E-state index contributed by atoms with van der Waals surface area (Å²) in [5, 5.41) is 0. The zero-order chi connectivity index (χ0) is 18.5. The lowest BCUT2D eigenvalue weighted by Crippen LogP contribution is -2.33. The van der Waals surface area contributed by atoms with E-state index in [0.717, 1.165) is 30.5 Å². The van der Waals surface area contributed by atoms with Crippen LogP contribution in [0.2, 0.25) is 0 Å². The van der Waals surface area contributed by atoms with Crippen molar-refractivity contribution in [1.82, 2.24) is 4.90 Å². The fourth-order valence-corrected chi connectivity index (χ4v) is 4.92. The van der Waals surface area contributed by atoms with Crippen molar-refractivity contribution in [2.75, 3.05) is 13.6 Å². The predicted molar refractivity (Wildman–Crippen MR) is 92.5 cm³/mol. The molecule has 0 aromatic heterocycles. The summed E-state index contributed by atoms with van der Waals surface area (Å²) >= 11 is 0. The third-order valence-corrected chi connectivity index (χ3v) is 6.04. The first-order valence-corrected chi connectivity index (χ1v) is 8.98. The SMILES string of the molecule is CN1CC2c3cccc(C(F)(F)F)c3CCC2C1Cc1cccc(F)c1. The summed E-state index contributed by atoms with van der Waals surface area (Å²) in [5.74, 6) is 0.173. The molecule has 4 rings (SSSR count). The van der Waals surface area contributed by atoms with Crippen LogP contribution in [0, 0.1) is 11.7 Å². The minimum absolute atomic E-state index is 0.115. The highest BCUT2D eigenvalue weighted by atomic mass is 19.4. The Hall–Kier alpha value is -1.88. The zero-order valence-electron chi connectivity index (χ0n) is 14.6. The van der Waals surface area contributed by atoms with Gasteiger partial charge in [0, 0.05) is 18.5 Å². The van der Waals surface area contributed by atoms with Gasteiger partial charge in [-0.1, -0.05) is 24.3 Å². The maximum absolute atomic E-state index is 13.5. The molecule has 1 aliphatic carbocycles. The molecule has 5 heteroatoms. The van der Waals surface area contributed by atoms with E-state index < -0.39 is 11.7 Å². The van der Waals surface area contributed by atoms with Gasteiger partial charge in [0.05, 0.1) is 5.56 Å². The minimum atomic E-state index is -4.30. The number of likely N-dealkylation sites (tertiary alicyclic amines) is 1. The molecule has 3 atom stereocenters. The second kappa shape index (κ2) is 6.38. The van der Waals surface area contributed by atoms with Gasteiger partial charge < -0.3 is 4.90 Å². The van der Waals surface area contributed by atoms with Crippen molar-refractivity contribution < 1.29 is 17.6 Å². The van der Waals surface area contributed by atoms with E-state index in [2.05, 4.69) is 4.90 Å². The highest BCUT2D eigenvalue weighted by Crippen LogP contribution is 2.48. The number of likely N-dealkylation sites (N-methyl/N-ethyl adjacent to an activating group) is 1. The van der Waals surface area contributed by atoms with E-state index in [-0.39, 0.29) is 17.8 Å². The van der Waals surface area contributed by atoms with Gasteiger partial charge in [-0.05, 0) is 67.1 Å². The number of benzene rings is 2. The van der Waals surface area contributed by atoms with Crippen molar-refractivity contribution in [3.05, 3.63) is 70.5 Å². The lowest BCUT2D eigenvalue weighted by Gasteiger charge is -2.33. The Morgan fingerprint density at radius 3 is 2.62 bits per heavy atom. The van der Waals surface area contributed by atoms with Crippen LogP contribution in [0.1, 0.15) is 34.6 Å². The Labute approximate surface area is 150 Å². The largest absolute Gasteiger partial charge is 0.416 e. The maximum atomic E-state index is 13.5. The fourth-order valence-electron chi connectivity index (χ4n) is 4.92. The molecule has 0 spiro atoms. The van der Waals surface area contributed by atoms with E-state index >= 15 is 0 Å². The number of hydrogen-bond acceptors (Lipinski definition) is 1. The second-order valence-electron chi connectivity index (χ2n) is 7.52. The fraction of sp³-hybridized carbons (Fsp3) is 0.429. The average Bonchev–Trinajstić information content (AvgIpc) is 2.90. The third kappa shape index (κ3) is 3.02. The second-order valence-corrected chi connectivity index (χ2v) is 7.52. The molecule has 1 fully saturated rings. The van der Waals surface area contributed by atoms with Crippen LogP contribution in [0.4, 0.5) is 17.6 Å². The van der Waals surface area contributed by atoms with E-state index in [1.54, 1.807) is 12.1 Å². The average molecular weight is 363 g/mol. The molecule has 3 unspecified atom stereocenters. The van der Waals surface area contributed by atoms with E-state index in [0.29, 0.717) is 17.9 Å². The van der Waals surface area contributed by atoms with Crippen molar-refractivity contribution in [3.8, 4) is 0 Å². The molecule has 1 heterocycles. The number of hydrogen-bond donors (Lipinski definition) is 0. The molecular weight excluding hydrogens is 342 g/mol. The van der Waals surface area contributed by atoms with Crippen LogP contribution < -0.4 is 0 Å². The Morgan fingerprint density at radius 2 is 1.88 bits per heavy atom. The molecule has 138 valence electrons. The quantitative estimate of drug-likeness (QED) is 0.675. The van der Waals surface area contributed by atoms with Crippen LogP contribution in [0.5, 0.6) is 0 Å². The van der Waals surface area contributed by atoms with Crippen molar-refractivity contribution in [2.45, 2.75) is 37.4 Å². The van der Waals surface area contributed by atoms with Gasteiger partial charge in [-0.15, -0.1) is 0 Å². The lowest BCUT2D eigenvalue weighted by molar-refractivity contribution is -0.138. The molecule has 1 nitrogen and oxygen atoms in total. The molecule has 2 aromatic rings. The lowest BCUT2D eigenvalue weighted by atomic mass is 9.72. The van der Waals surface area contributed by atoms with Crippen LogP contribution in [-0.4, -0.2) is 24.5 Å². The molecule has 1 saturated heterocycles. The van der Waals surface area contributed by atoms with E-state index in [1.807, 2.05) is 19.2 Å². The Balaban J connectivity index is 1.64. The Morgan fingerprint density at radius 1 is 1.12 bits per heavy atom. The van der Waals surface area contributed by atoms with Gasteiger partial charge in [0.2, 0.25) is 0 Å². The monoisotopic (exact) mass is 363 g/mol. The first-order valence-electron chi connectivity index (χ1n) is 8.98. The smallest absolute Gasteiger partial charge is 0.302 e. The number of halogens is 4. The minimum Gasteiger partial charge on any atom is -0.302 e. The molecule has 0 saturated carbocycles. The number of fused-ring (bicyclic) bond motifs is 3. The molecule has 2 aliphatic rings. The highest BCUT2D eigenvalue weighted by molar-refractivity contribution is 5.43. The van der Waals surface area contributed by atoms with Crippen molar-refractivity contribution in [3.63, 3.8) is 0 Å². The van der Waals surface area contributed by atoms with Gasteiger partial charge in [0.1, 0.15) is 5.82 Å². The number of alkyl halides is 3. The summed E-state index contributed by atoms with van der Waals surface area (Å²) in [7, 11) is 2.02. The van der Waals surface area contributed by atoms with Crippen molar-refractivity contribution in [1.29, 1.82) is 0 Å². The molecule has 2 aromatic carbocycles. The summed E-state index contributed by atoms with van der Waals surface area (Å²) in [6.45, 7) is 0.749. The van der Waals surface area contributed by atoms with Crippen LogP contribution in [-0.2, 0) is 19.0 Å². The van der Waals surface area contributed by atoms with Crippen molar-refractivity contribution >= 4 is 0 Å². The van der Waals surface area contributed by atoms with Gasteiger partial charge in [0.15, 0.2) is 0 Å². The summed E-state index contributed by atoms with van der Waals surface area (Å²) in [6, 6.07) is 11.4. The van der Waals surface area contributed by atoms with Gasteiger partial charge in [-0.25, -0.2) is 4.39 Å². The molecule has 0 radical (unpaired) electrons. The van der Waals surface area contributed by atoms with E-state index in [9.17, 15) is 17.6 Å². The summed E-state index contributed by atoms with van der Waals surface area (Å²) in [4.78, 5) is 2.23. The first kappa shape index (κ1) is 17.5. The summed E-state index contributed by atoms with van der Waals surface area (Å²) < 4.78 is 53.6. The topological polar surface area (TPSA) is 3.24 Å².